The van der Waals surface area contributed by atoms with Crippen molar-refractivity contribution in [1.82, 2.24) is 0 Å². The number of hydrogen-bond donors (Lipinski definition) is 0. The van der Waals surface area contributed by atoms with Crippen LogP contribution in [-0.4, -0.2) is 19.0 Å². The van der Waals surface area contributed by atoms with E-state index in [2.05, 4.69) is 4.99 Å². The summed E-state index contributed by atoms with van der Waals surface area (Å²) in [6, 6.07) is 12.9. The number of methoxy groups -OCH3 is 1. The van der Waals surface area contributed by atoms with Crippen molar-refractivity contribution in [3.63, 3.8) is 0 Å². The maximum atomic E-state index is 12.0. The van der Waals surface area contributed by atoms with Crippen molar-refractivity contribution >= 4 is 29.5 Å². The van der Waals surface area contributed by atoms with Gasteiger partial charge in [0.25, 0.3) is 0 Å². The van der Waals surface area contributed by atoms with Crippen molar-refractivity contribution < 1.29 is 14.3 Å². The summed E-state index contributed by atoms with van der Waals surface area (Å²) in [6.07, 6.45) is 1.64. The van der Waals surface area contributed by atoms with Gasteiger partial charge in [-0.3, -0.25) is 0 Å². The van der Waals surface area contributed by atoms with E-state index in [-0.39, 0.29) is 5.70 Å². The molecule has 0 spiro atoms. The Bertz CT molecular complexity index is 840. The third kappa shape index (κ3) is 3.12. The van der Waals surface area contributed by atoms with Gasteiger partial charge in [0.15, 0.2) is 5.70 Å². The summed E-state index contributed by atoms with van der Waals surface area (Å²) >= 11 is 6.09. The van der Waals surface area contributed by atoms with Crippen LogP contribution in [0, 0.1) is 6.92 Å². The predicted molar refractivity (Wildman–Crippen MR) is 89.8 cm³/mol. The van der Waals surface area contributed by atoms with Gasteiger partial charge in [-0.05, 0) is 42.3 Å². The highest BCUT2D eigenvalue weighted by Gasteiger charge is 2.24. The topological polar surface area (TPSA) is 47.9 Å². The van der Waals surface area contributed by atoms with Gasteiger partial charge < -0.3 is 9.47 Å². The molecule has 1 aliphatic rings. The highest BCUT2D eigenvalue weighted by molar-refractivity contribution is 6.32. The van der Waals surface area contributed by atoms with Gasteiger partial charge >= 0.3 is 5.97 Å². The van der Waals surface area contributed by atoms with Gasteiger partial charge in [-0.1, -0.05) is 35.9 Å². The van der Waals surface area contributed by atoms with Gasteiger partial charge in [0.2, 0.25) is 5.90 Å². The summed E-state index contributed by atoms with van der Waals surface area (Å²) in [4.78, 5) is 16.3. The number of halogens is 1. The lowest BCUT2D eigenvalue weighted by Crippen LogP contribution is -2.06. The Morgan fingerprint density at radius 2 is 2.00 bits per heavy atom. The van der Waals surface area contributed by atoms with Crippen molar-refractivity contribution in [3.05, 3.63) is 69.9 Å². The summed E-state index contributed by atoms with van der Waals surface area (Å²) in [7, 11) is 1.55. The first-order chi connectivity index (χ1) is 11.1. The number of aliphatic imine (C=N–C) groups is 1. The average molecular weight is 328 g/mol. The summed E-state index contributed by atoms with van der Waals surface area (Å²) in [5.41, 5.74) is 2.78. The molecule has 23 heavy (non-hydrogen) atoms. The van der Waals surface area contributed by atoms with E-state index < -0.39 is 5.97 Å². The van der Waals surface area contributed by atoms with Crippen molar-refractivity contribution in [2.45, 2.75) is 6.92 Å². The number of hydrogen-bond acceptors (Lipinski definition) is 4. The molecule has 0 saturated carbocycles. The van der Waals surface area contributed by atoms with Crippen LogP contribution in [0.5, 0.6) is 5.75 Å². The Balaban J connectivity index is 1.95. The van der Waals surface area contributed by atoms with Gasteiger partial charge in [-0.2, -0.15) is 0 Å². The molecule has 0 aliphatic carbocycles. The van der Waals surface area contributed by atoms with E-state index in [1.54, 1.807) is 31.4 Å². The highest BCUT2D eigenvalue weighted by atomic mass is 35.5. The predicted octanol–water partition coefficient (Wildman–Crippen LogP) is 4.00. The third-order valence-corrected chi connectivity index (χ3v) is 3.77. The molecule has 2 aromatic carbocycles. The normalized spacial score (nSPS) is 15.5. The molecule has 0 fully saturated rings. The lowest BCUT2D eigenvalue weighted by Gasteiger charge is -2.03. The molecule has 4 nitrogen and oxygen atoms in total. The van der Waals surface area contributed by atoms with E-state index in [1.807, 2.05) is 31.2 Å². The summed E-state index contributed by atoms with van der Waals surface area (Å²) < 4.78 is 10.4. The SMILES string of the molecule is COc1ccc(/C=C2\N=C(c3ccccc3C)OC2=O)cc1Cl. The molecule has 0 saturated heterocycles. The fourth-order valence-electron chi connectivity index (χ4n) is 2.27. The minimum atomic E-state index is -0.477. The van der Waals surface area contributed by atoms with E-state index in [1.165, 1.54) is 0 Å². The molecule has 2 aromatic rings. The molecule has 0 N–H and O–H groups in total. The molecular weight excluding hydrogens is 314 g/mol. The Kier molecular flexibility index (Phi) is 4.17. The minimum absolute atomic E-state index is 0.240. The van der Waals surface area contributed by atoms with Gasteiger partial charge in [0, 0.05) is 5.56 Å². The standard InChI is InChI=1S/C18H14ClNO3/c1-11-5-3-4-6-13(11)17-20-15(18(21)23-17)10-12-7-8-16(22-2)14(19)9-12/h3-10H,1-2H3/b15-10-. The van der Waals surface area contributed by atoms with E-state index in [4.69, 9.17) is 21.1 Å². The van der Waals surface area contributed by atoms with Crippen LogP contribution in [0.1, 0.15) is 16.7 Å². The number of cyclic esters (lactones) is 1. The van der Waals surface area contributed by atoms with Crippen LogP contribution in [0.2, 0.25) is 5.02 Å². The van der Waals surface area contributed by atoms with E-state index in [0.29, 0.717) is 16.7 Å². The number of esters is 1. The zero-order valence-electron chi connectivity index (χ0n) is 12.7. The number of aryl methyl sites for hydroxylation is 1. The number of rotatable bonds is 3. The first kappa shape index (κ1) is 15.3. The fraction of sp³-hybridized carbons (Fsp3) is 0.111. The lowest BCUT2D eigenvalue weighted by molar-refractivity contribution is -0.129. The van der Waals surface area contributed by atoms with Gasteiger partial charge in [-0.15, -0.1) is 0 Å². The number of benzene rings is 2. The third-order valence-electron chi connectivity index (χ3n) is 3.48. The van der Waals surface area contributed by atoms with E-state index >= 15 is 0 Å². The monoisotopic (exact) mass is 327 g/mol. The maximum Gasteiger partial charge on any atom is 0.363 e. The molecular formula is C18H14ClNO3. The molecule has 3 rings (SSSR count). The van der Waals surface area contributed by atoms with Crippen molar-refractivity contribution in [1.29, 1.82) is 0 Å². The second-order valence-corrected chi connectivity index (χ2v) is 5.45. The summed E-state index contributed by atoms with van der Waals surface area (Å²) in [5.74, 6) is 0.418. The van der Waals surface area contributed by atoms with Crippen molar-refractivity contribution in [2.75, 3.05) is 7.11 Å². The van der Waals surface area contributed by atoms with E-state index in [0.717, 1.165) is 16.7 Å². The Morgan fingerprint density at radius 1 is 1.22 bits per heavy atom. The first-order valence-electron chi connectivity index (χ1n) is 7.00. The van der Waals surface area contributed by atoms with Crippen LogP contribution in [-0.2, 0) is 9.53 Å². The van der Waals surface area contributed by atoms with Crippen LogP contribution in [0.3, 0.4) is 0 Å². The summed E-state index contributed by atoms with van der Waals surface area (Å²) in [5, 5.41) is 0.469. The summed E-state index contributed by atoms with van der Waals surface area (Å²) in [6.45, 7) is 1.94. The van der Waals surface area contributed by atoms with Crippen molar-refractivity contribution in [2.24, 2.45) is 4.99 Å². The molecule has 116 valence electrons. The van der Waals surface area contributed by atoms with Crippen LogP contribution in [0.15, 0.2) is 53.2 Å². The molecule has 5 heteroatoms. The zero-order valence-corrected chi connectivity index (χ0v) is 13.4. The molecule has 1 heterocycles. The van der Waals surface area contributed by atoms with E-state index in [9.17, 15) is 4.79 Å². The molecule has 0 atom stereocenters. The molecule has 0 aromatic heterocycles. The van der Waals surface area contributed by atoms with Gasteiger partial charge in [-0.25, -0.2) is 9.79 Å². The number of carbonyl (C=O) groups is 1. The number of nitrogens with zero attached hydrogens (tertiary/aromatic N) is 1. The van der Waals surface area contributed by atoms with Crippen molar-refractivity contribution in [3.8, 4) is 5.75 Å². The molecule has 0 unspecified atom stereocenters. The Morgan fingerprint density at radius 3 is 2.70 bits per heavy atom. The van der Waals surface area contributed by atoms with Crippen LogP contribution < -0.4 is 4.74 Å². The molecule has 0 radical (unpaired) electrons. The zero-order chi connectivity index (χ0) is 16.4. The molecule has 0 amide bonds. The lowest BCUT2D eigenvalue weighted by atomic mass is 10.1. The average Bonchev–Trinajstić information content (AvgIpc) is 2.89. The molecule has 1 aliphatic heterocycles. The quantitative estimate of drug-likeness (QED) is 0.632. The maximum absolute atomic E-state index is 12.0. The fourth-order valence-corrected chi connectivity index (χ4v) is 2.53. The first-order valence-corrected chi connectivity index (χ1v) is 7.38. The van der Waals surface area contributed by atoms with Gasteiger partial charge in [0.05, 0.1) is 12.1 Å². The van der Waals surface area contributed by atoms with Crippen LogP contribution in [0.25, 0.3) is 6.08 Å². The molecule has 0 bridgehead atoms. The van der Waals surface area contributed by atoms with Crippen LogP contribution >= 0.6 is 11.6 Å². The highest BCUT2D eigenvalue weighted by Crippen LogP contribution is 2.27. The number of carbonyl (C=O) groups excluding carboxylic acids is 1. The Hall–Kier alpha value is -2.59. The minimum Gasteiger partial charge on any atom is -0.495 e. The second kappa shape index (κ2) is 6.26. The Labute approximate surface area is 139 Å². The smallest absolute Gasteiger partial charge is 0.363 e. The van der Waals surface area contributed by atoms with Gasteiger partial charge in [0.1, 0.15) is 5.75 Å². The van der Waals surface area contributed by atoms with Crippen LogP contribution in [0.4, 0.5) is 0 Å². The second-order valence-electron chi connectivity index (χ2n) is 5.04. The largest absolute Gasteiger partial charge is 0.495 e. The number of ether oxygens (including phenoxy) is 2.